The van der Waals surface area contributed by atoms with Gasteiger partial charge < -0.3 is 19.5 Å². The lowest BCUT2D eigenvalue weighted by Gasteiger charge is -2.22. The largest absolute Gasteiger partial charge is 0.494 e. The Kier molecular flexibility index (Phi) is 7.84. The Morgan fingerprint density at radius 3 is 2.42 bits per heavy atom. The van der Waals surface area contributed by atoms with Crippen molar-refractivity contribution in [2.45, 2.75) is 38.5 Å². The molecule has 1 aromatic heterocycles. The van der Waals surface area contributed by atoms with Crippen LogP contribution in [0.15, 0.2) is 47.3 Å². The highest BCUT2D eigenvalue weighted by Gasteiger charge is 2.33. The van der Waals surface area contributed by atoms with Gasteiger partial charge in [-0.1, -0.05) is 43.1 Å². The molecule has 1 aliphatic rings. The van der Waals surface area contributed by atoms with Crippen LogP contribution in [0.1, 0.15) is 53.8 Å². The molecule has 1 aliphatic heterocycles. The van der Waals surface area contributed by atoms with Crippen LogP contribution < -0.4 is 15.0 Å². The van der Waals surface area contributed by atoms with Crippen molar-refractivity contribution in [3.05, 3.63) is 74.8 Å². The van der Waals surface area contributed by atoms with E-state index in [0.717, 1.165) is 24.8 Å². The molecular formula is C27H30ClN3O5. The number of methoxy groups -OCH3 is 2. The number of halogens is 1. The second kappa shape index (κ2) is 11.0. The quantitative estimate of drug-likeness (QED) is 0.475. The third-order valence-corrected chi connectivity index (χ3v) is 6.80. The molecule has 2 aromatic carbocycles. The number of para-hydroxylation sites is 1. The molecule has 1 fully saturated rings. The van der Waals surface area contributed by atoms with Crippen LogP contribution in [-0.4, -0.2) is 52.8 Å². The average molecular weight is 512 g/mol. The van der Waals surface area contributed by atoms with Crippen molar-refractivity contribution in [2.75, 3.05) is 27.3 Å². The molecule has 0 radical (unpaired) electrons. The number of amides is 1. The van der Waals surface area contributed by atoms with E-state index in [1.807, 2.05) is 31.2 Å². The van der Waals surface area contributed by atoms with Gasteiger partial charge in [0.05, 0.1) is 14.2 Å². The van der Waals surface area contributed by atoms with E-state index in [2.05, 4.69) is 4.98 Å². The smallest absolute Gasteiger partial charge is 0.289 e. The number of hydrogen-bond donors (Lipinski definition) is 1. The fourth-order valence-corrected chi connectivity index (χ4v) is 4.77. The van der Waals surface area contributed by atoms with E-state index in [9.17, 15) is 14.7 Å². The zero-order valence-electron chi connectivity index (χ0n) is 20.7. The van der Waals surface area contributed by atoms with Gasteiger partial charge in [-0.25, -0.2) is 0 Å². The van der Waals surface area contributed by atoms with Gasteiger partial charge in [0.15, 0.2) is 5.56 Å². The minimum Gasteiger partial charge on any atom is -0.494 e. The summed E-state index contributed by atoms with van der Waals surface area (Å²) in [4.78, 5) is 32.5. The fraction of sp³-hybridized carbons (Fsp3) is 0.370. The van der Waals surface area contributed by atoms with Crippen LogP contribution in [0.3, 0.4) is 0 Å². The van der Waals surface area contributed by atoms with Crippen LogP contribution in [0.4, 0.5) is 0 Å². The summed E-state index contributed by atoms with van der Waals surface area (Å²) in [6.45, 7) is 2.91. The van der Waals surface area contributed by atoms with E-state index in [1.54, 1.807) is 23.1 Å². The van der Waals surface area contributed by atoms with Crippen molar-refractivity contribution < 1.29 is 19.4 Å². The second-order valence-electron chi connectivity index (χ2n) is 8.77. The molecule has 0 spiro atoms. The maximum absolute atomic E-state index is 13.6. The molecular weight excluding hydrogens is 482 g/mol. The molecule has 190 valence electrons. The van der Waals surface area contributed by atoms with Gasteiger partial charge in [-0.15, -0.1) is 0 Å². The van der Waals surface area contributed by atoms with Gasteiger partial charge in [-0.05, 0) is 42.7 Å². The van der Waals surface area contributed by atoms with Crippen molar-refractivity contribution >= 4 is 17.5 Å². The van der Waals surface area contributed by atoms with Crippen LogP contribution in [0.25, 0.3) is 5.69 Å². The predicted octanol–water partition coefficient (Wildman–Crippen LogP) is 4.58. The van der Waals surface area contributed by atoms with Crippen molar-refractivity contribution in [1.29, 1.82) is 0 Å². The lowest BCUT2D eigenvalue weighted by Crippen LogP contribution is -2.35. The van der Waals surface area contributed by atoms with Gasteiger partial charge in [0, 0.05) is 30.5 Å². The number of hydrogen-bond acceptors (Lipinski definition) is 6. The summed E-state index contributed by atoms with van der Waals surface area (Å²) in [5.74, 6) is 0.251. The van der Waals surface area contributed by atoms with Gasteiger partial charge in [-0.2, -0.15) is 4.98 Å². The summed E-state index contributed by atoms with van der Waals surface area (Å²) in [6, 6.07) is 12.7. The number of aryl methyl sites for hydroxylation is 1. The third-order valence-electron chi connectivity index (χ3n) is 6.55. The van der Waals surface area contributed by atoms with E-state index >= 15 is 0 Å². The first-order chi connectivity index (χ1) is 17.4. The molecule has 9 heteroatoms. The number of rotatable bonds is 8. The summed E-state index contributed by atoms with van der Waals surface area (Å²) in [6.07, 6.45) is 2.77. The van der Waals surface area contributed by atoms with Crippen LogP contribution in [0, 0.1) is 0 Å². The summed E-state index contributed by atoms with van der Waals surface area (Å²) in [5.41, 5.74) is 0.347. The van der Waals surface area contributed by atoms with Gasteiger partial charge in [0.1, 0.15) is 23.0 Å². The van der Waals surface area contributed by atoms with E-state index in [0.29, 0.717) is 47.5 Å². The molecule has 4 rings (SSSR count). The first-order valence-corrected chi connectivity index (χ1v) is 12.4. The molecule has 2 heterocycles. The highest BCUT2D eigenvalue weighted by atomic mass is 35.5. The number of nitrogens with zero attached hydrogens (tertiary/aromatic N) is 3. The van der Waals surface area contributed by atoms with Crippen molar-refractivity contribution in [3.63, 3.8) is 0 Å². The molecule has 36 heavy (non-hydrogen) atoms. The van der Waals surface area contributed by atoms with Crippen LogP contribution in [0.5, 0.6) is 17.4 Å². The Morgan fingerprint density at radius 1 is 1.14 bits per heavy atom. The first-order valence-electron chi connectivity index (χ1n) is 12.0. The predicted molar refractivity (Wildman–Crippen MR) is 138 cm³/mol. The van der Waals surface area contributed by atoms with Gasteiger partial charge >= 0.3 is 0 Å². The SMILES string of the molecule is CCCCc1nc(=O)c(C(=O)N2CCC(c3ccc(Cl)cc3)C2)c(O)n1-c1c(OC)cccc1OC. The minimum atomic E-state index is -0.747. The maximum Gasteiger partial charge on any atom is 0.289 e. The molecule has 0 saturated carbocycles. The lowest BCUT2D eigenvalue weighted by molar-refractivity contribution is 0.0784. The standard InChI is InChI=1S/C27H30ClN3O5/c1-4-5-9-22-29-25(32)23(27(34)31(22)24-20(35-2)7-6-8-21(24)36-3)26(33)30-15-14-18(16-30)17-10-12-19(28)13-11-17/h6-8,10-13,18,34H,4-5,9,14-16H2,1-3H3. The topological polar surface area (TPSA) is 93.9 Å². The minimum absolute atomic E-state index is 0.113. The van der Waals surface area contributed by atoms with Gasteiger partial charge in [0.25, 0.3) is 11.5 Å². The Morgan fingerprint density at radius 2 is 1.81 bits per heavy atom. The molecule has 3 aromatic rings. The van der Waals surface area contributed by atoms with Crippen molar-refractivity contribution in [1.82, 2.24) is 14.5 Å². The summed E-state index contributed by atoms with van der Waals surface area (Å²) >= 11 is 6.01. The Bertz CT molecular complexity index is 1280. The number of carbonyl (C=O) groups excluding carboxylic acids is 1. The number of likely N-dealkylation sites (tertiary alicyclic amines) is 1. The lowest BCUT2D eigenvalue weighted by atomic mass is 9.99. The maximum atomic E-state index is 13.6. The summed E-state index contributed by atoms with van der Waals surface area (Å²) < 4.78 is 12.5. The van der Waals surface area contributed by atoms with Crippen LogP contribution >= 0.6 is 11.6 Å². The van der Waals surface area contributed by atoms with E-state index in [-0.39, 0.29) is 11.5 Å². The molecule has 1 saturated heterocycles. The Labute approximate surface area is 215 Å². The average Bonchev–Trinajstić information content (AvgIpc) is 3.38. The zero-order chi connectivity index (χ0) is 25.8. The van der Waals surface area contributed by atoms with E-state index in [1.165, 1.54) is 18.8 Å². The molecule has 0 bridgehead atoms. The third kappa shape index (κ3) is 4.91. The monoisotopic (exact) mass is 511 g/mol. The summed E-state index contributed by atoms with van der Waals surface area (Å²) in [5, 5.41) is 12.1. The molecule has 1 unspecified atom stereocenters. The molecule has 1 N–H and O–H groups in total. The fourth-order valence-electron chi connectivity index (χ4n) is 4.64. The number of aromatic hydroxyl groups is 1. The molecule has 1 atom stereocenters. The van der Waals surface area contributed by atoms with Gasteiger partial charge in [-0.3, -0.25) is 14.2 Å². The normalized spacial score (nSPS) is 15.2. The van der Waals surface area contributed by atoms with E-state index in [4.69, 9.17) is 21.1 Å². The Hall–Kier alpha value is -3.52. The zero-order valence-corrected chi connectivity index (χ0v) is 21.4. The molecule has 8 nitrogen and oxygen atoms in total. The number of benzene rings is 2. The number of carbonyl (C=O) groups is 1. The number of aromatic nitrogens is 2. The highest BCUT2D eigenvalue weighted by molar-refractivity contribution is 6.30. The van der Waals surface area contributed by atoms with Crippen molar-refractivity contribution in [2.24, 2.45) is 0 Å². The van der Waals surface area contributed by atoms with Crippen LogP contribution in [-0.2, 0) is 6.42 Å². The van der Waals surface area contributed by atoms with Crippen molar-refractivity contribution in [3.8, 4) is 23.1 Å². The number of unbranched alkanes of at least 4 members (excludes halogenated alkanes) is 1. The molecule has 0 aliphatic carbocycles. The highest BCUT2D eigenvalue weighted by Crippen LogP contribution is 2.37. The Balaban J connectivity index is 1.78. The van der Waals surface area contributed by atoms with Crippen LogP contribution in [0.2, 0.25) is 5.02 Å². The molecule has 1 amide bonds. The van der Waals surface area contributed by atoms with E-state index < -0.39 is 17.3 Å². The number of ether oxygens (including phenoxy) is 2. The first kappa shape index (κ1) is 25.6. The summed E-state index contributed by atoms with van der Waals surface area (Å²) in [7, 11) is 3.01. The second-order valence-corrected chi connectivity index (χ2v) is 9.21. The van der Waals surface area contributed by atoms with Gasteiger partial charge in [0.2, 0.25) is 5.88 Å².